The van der Waals surface area contributed by atoms with Crippen LogP contribution in [0.2, 0.25) is 0 Å². The van der Waals surface area contributed by atoms with E-state index in [-0.39, 0.29) is 5.92 Å². The highest BCUT2D eigenvalue weighted by atomic mass is 32.2. The quantitative estimate of drug-likeness (QED) is 0.724. The molecule has 4 rings (SSSR count). The van der Waals surface area contributed by atoms with E-state index in [0.717, 1.165) is 18.2 Å². The normalized spacial score (nSPS) is 24.9. The van der Waals surface area contributed by atoms with E-state index >= 15 is 0 Å². The molecule has 5 heteroatoms. The molecule has 0 radical (unpaired) electrons. The third-order valence-corrected chi connectivity index (χ3v) is 8.13. The number of benzene rings is 1. The summed E-state index contributed by atoms with van der Waals surface area (Å²) in [7, 11) is 1.93. The third kappa shape index (κ3) is 4.51. The molecule has 1 aromatic rings. The third-order valence-electron chi connectivity index (χ3n) is 7.08. The number of hydrogen-bond donors (Lipinski definition) is 0. The van der Waals surface area contributed by atoms with Crippen LogP contribution in [-0.4, -0.2) is 66.5 Å². The molecule has 0 bridgehead atoms. The minimum absolute atomic E-state index is 0.251. The molecular formula is C23H34N2O2S. The molecule has 3 aliphatic rings. The molecule has 1 atom stereocenters. The second-order valence-corrected chi connectivity index (χ2v) is 10.1. The van der Waals surface area contributed by atoms with Gasteiger partial charge in [0.15, 0.2) is 0 Å². The van der Waals surface area contributed by atoms with Crippen molar-refractivity contribution in [3.8, 4) is 5.75 Å². The van der Waals surface area contributed by atoms with Gasteiger partial charge in [-0.1, -0.05) is 17.7 Å². The molecule has 0 aromatic heterocycles. The number of rotatable bonds is 6. The van der Waals surface area contributed by atoms with Gasteiger partial charge >= 0.3 is 0 Å². The van der Waals surface area contributed by atoms with E-state index in [9.17, 15) is 4.79 Å². The number of hydrogen-bond acceptors (Lipinski definition) is 4. The summed E-state index contributed by atoms with van der Waals surface area (Å²) in [6, 6.07) is 8.89. The highest BCUT2D eigenvalue weighted by Gasteiger charge is 2.59. The molecule has 154 valence electrons. The van der Waals surface area contributed by atoms with Gasteiger partial charge in [0.05, 0.1) is 6.54 Å². The molecule has 1 saturated carbocycles. The predicted molar refractivity (Wildman–Crippen MR) is 116 cm³/mol. The number of carbonyl (C=O) groups excluding carboxylic acids is 1. The van der Waals surface area contributed by atoms with Crippen LogP contribution in [0.15, 0.2) is 24.3 Å². The summed E-state index contributed by atoms with van der Waals surface area (Å²) in [6.45, 7) is 5.67. The molecule has 28 heavy (non-hydrogen) atoms. The molecule has 3 fully saturated rings. The smallest absolute Gasteiger partial charge is 0.226 e. The van der Waals surface area contributed by atoms with E-state index in [4.69, 9.17) is 4.74 Å². The summed E-state index contributed by atoms with van der Waals surface area (Å²) in [5.74, 6) is 4.10. The Balaban J connectivity index is 1.20. The summed E-state index contributed by atoms with van der Waals surface area (Å²) < 4.78 is 5.80. The van der Waals surface area contributed by atoms with Crippen LogP contribution in [0.1, 0.15) is 37.7 Å². The Bertz CT molecular complexity index is 664. The van der Waals surface area contributed by atoms with Gasteiger partial charge in [0, 0.05) is 19.0 Å². The van der Waals surface area contributed by atoms with Gasteiger partial charge in [-0.15, -0.1) is 0 Å². The maximum absolute atomic E-state index is 12.9. The minimum atomic E-state index is 0.251. The van der Waals surface area contributed by atoms with Crippen LogP contribution >= 0.6 is 11.8 Å². The zero-order chi connectivity index (χ0) is 19.6. The van der Waals surface area contributed by atoms with E-state index in [2.05, 4.69) is 35.7 Å². The number of piperidine rings is 1. The van der Waals surface area contributed by atoms with Gasteiger partial charge in [0.2, 0.25) is 5.91 Å². The van der Waals surface area contributed by atoms with Gasteiger partial charge in [-0.3, -0.25) is 4.79 Å². The van der Waals surface area contributed by atoms with Crippen LogP contribution in [-0.2, 0) is 4.79 Å². The number of nitrogens with zero attached hydrogens (tertiary/aromatic N) is 2. The first kappa shape index (κ1) is 20.1. The molecule has 0 unspecified atom stereocenters. The average molecular weight is 403 g/mol. The van der Waals surface area contributed by atoms with Crippen LogP contribution in [0.3, 0.4) is 0 Å². The zero-order valence-electron chi connectivity index (χ0n) is 17.4. The molecule has 2 aliphatic heterocycles. The second kappa shape index (κ2) is 8.66. The lowest BCUT2D eigenvalue weighted by molar-refractivity contribution is -0.132. The number of likely N-dealkylation sites (N-methyl/N-ethyl adjacent to an activating group) is 1. The van der Waals surface area contributed by atoms with Crippen molar-refractivity contribution in [1.82, 2.24) is 9.80 Å². The first-order valence-electron chi connectivity index (χ1n) is 10.8. The molecule has 1 aliphatic carbocycles. The number of carbonyl (C=O) groups is 1. The van der Waals surface area contributed by atoms with Crippen molar-refractivity contribution >= 4 is 17.7 Å². The van der Waals surface area contributed by atoms with Gasteiger partial charge in [-0.25, -0.2) is 0 Å². The number of amides is 1. The van der Waals surface area contributed by atoms with Gasteiger partial charge in [0.25, 0.3) is 0 Å². The Morgan fingerprint density at radius 3 is 2.57 bits per heavy atom. The Morgan fingerprint density at radius 2 is 1.89 bits per heavy atom. The first-order chi connectivity index (χ1) is 13.6. The van der Waals surface area contributed by atoms with Crippen LogP contribution in [0, 0.1) is 18.3 Å². The van der Waals surface area contributed by atoms with Crippen molar-refractivity contribution in [1.29, 1.82) is 0 Å². The lowest BCUT2D eigenvalue weighted by Gasteiger charge is -2.40. The molecule has 1 amide bonds. The van der Waals surface area contributed by atoms with E-state index < -0.39 is 0 Å². The molecule has 1 aromatic carbocycles. The monoisotopic (exact) mass is 402 g/mol. The highest BCUT2D eigenvalue weighted by Crippen LogP contribution is 2.60. The maximum Gasteiger partial charge on any atom is 0.226 e. The Labute approximate surface area is 174 Å². The minimum Gasteiger partial charge on any atom is -0.492 e. The summed E-state index contributed by atoms with van der Waals surface area (Å²) in [5.41, 5.74) is 1.54. The summed E-state index contributed by atoms with van der Waals surface area (Å²) in [5, 5.41) is 0. The number of likely N-dealkylation sites (tertiary alicyclic amines) is 1. The zero-order valence-corrected chi connectivity index (χ0v) is 18.2. The Kier molecular flexibility index (Phi) is 6.21. The van der Waals surface area contributed by atoms with E-state index in [1.54, 1.807) is 0 Å². The van der Waals surface area contributed by atoms with Crippen molar-refractivity contribution in [3.05, 3.63) is 29.8 Å². The van der Waals surface area contributed by atoms with Crippen molar-refractivity contribution < 1.29 is 9.53 Å². The average Bonchev–Trinajstić information content (AvgIpc) is 3.43. The predicted octanol–water partition coefficient (Wildman–Crippen LogP) is 3.83. The molecule has 0 N–H and O–H groups in total. The molecule has 2 saturated heterocycles. The van der Waals surface area contributed by atoms with Crippen LogP contribution in [0.5, 0.6) is 5.75 Å². The van der Waals surface area contributed by atoms with E-state index in [1.807, 2.05) is 24.1 Å². The van der Waals surface area contributed by atoms with E-state index in [1.165, 1.54) is 55.8 Å². The van der Waals surface area contributed by atoms with Gasteiger partial charge < -0.3 is 14.5 Å². The number of thioether (sulfide) groups is 1. The molecule has 1 spiro atoms. The van der Waals surface area contributed by atoms with Crippen LogP contribution in [0.4, 0.5) is 0 Å². The van der Waals surface area contributed by atoms with Crippen molar-refractivity contribution in [2.75, 3.05) is 44.8 Å². The molecular weight excluding hydrogens is 368 g/mol. The fourth-order valence-corrected chi connectivity index (χ4v) is 6.03. The van der Waals surface area contributed by atoms with Crippen LogP contribution < -0.4 is 4.74 Å². The van der Waals surface area contributed by atoms with Crippen molar-refractivity contribution in [3.63, 3.8) is 0 Å². The Morgan fingerprint density at radius 1 is 1.21 bits per heavy atom. The van der Waals surface area contributed by atoms with Gasteiger partial charge in [0.1, 0.15) is 12.4 Å². The maximum atomic E-state index is 12.9. The highest BCUT2D eigenvalue weighted by molar-refractivity contribution is 7.99. The summed E-state index contributed by atoms with van der Waals surface area (Å²) in [4.78, 5) is 17.5. The first-order valence-corrected chi connectivity index (χ1v) is 12.0. The summed E-state index contributed by atoms with van der Waals surface area (Å²) in [6.07, 6.45) is 6.22. The van der Waals surface area contributed by atoms with Crippen molar-refractivity contribution in [2.24, 2.45) is 11.3 Å². The van der Waals surface area contributed by atoms with Crippen LogP contribution in [0.25, 0.3) is 0 Å². The number of ether oxygens (including phenoxy) is 1. The fourth-order valence-electron chi connectivity index (χ4n) is 4.95. The Hall–Kier alpha value is -1.20. The lowest BCUT2D eigenvalue weighted by Crippen LogP contribution is -2.44. The number of aryl methyl sites for hydroxylation is 1. The van der Waals surface area contributed by atoms with E-state index in [0.29, 0.717) is 24.5 Å². The lowest BCUT2D eigenvalue weighted by atomic mass is 9.89. The standard InChI is InChI=1S/C23H34N2O2S/c1-18-3-5-20(6-4-18)27-14-13-24(2)22(26)21-17-23(21)9-11-25(12-10-23)19-7-15-28-16-8-19/h3-6,19,21H,7-17H2,1-2H3/t21-/m0/s1. The topological polar surface area (TPSA) is 32.8 Å². The largest absolute Gasteiger partial charge is 0.492 e. The molecule has 4 nitrogen and oxygen atoms in total. The molecule has 2 heterocycles. The fraction of sp³-hybridized carbons (Fsp3) is 0.696. The van der Waals surface area contributed by atoms with Crippen molar-refractivity contribution in [2.45, 2.75) is 45.1 Å². The van der Waals surface area contributed by atoms with Gasteiger partial charge in [-0.2, -0.15) is 11.8 Å². The summed E-state index contributed by atoms with van der Waals surface area (Å²) >= 11 is 2.10. The SMILES string of the molecule is Cc1ccc(OCCN(C)C(=O)[C@@H]2CC23CCN(C2CCSCC2)CC3)cc1. The van der Waals surface area contributed by atoms with Gasteiger partial charge in [-0.05, 0) is 81.2 Å². The second-order valence-electron chi connectivity index (χ2n) is 8.92.